The van der Waals surface area contributed by atoms with E-state index in [9.17, 15) is 4.79 Å². The van der Waals surface area contributed by atoms with Crippen molar-refractivity contribution in [3.8, 4) is 11.8 Å². The monoisotopic (exact) mass is 277 g/mol. The van der Waals surface area contributed by atoms with Crippen LogP contribution < -0.4 is 5.32 Å². The smallest absolute Gasteiger partial charge is 0.350 e. The van der Waals surface area contributed by atoms with Crippen LogP contribution in [0.4, 0.5) is 5.69 Å². The lowest BCUT2D eigenvalue weighted by atomic mass is 9.98. The number of rotatable bonds is 3. The first kappa shape index (κ1) is 14.0. The number of carbonyl (C=O) groups excluding carboxylic acids is 1. The minimum absolute atomic E-state index is 0.0422. The molecule has 0 aliphatic heterocycles. The first-order valence-corrected chi connectivity index (χ1v) is 7.22. The van der Waals surface area contributed by atoms with E-state index in [0.29, 0.717) is 10.9 Å². The number of thiophene rings is 1. The first-order valence-electron chi connectivity index (χ1n) is 6.41. The summed E-state index contributed by atoms with van der Waals surface area (Å²) in [7, 11) is 1.41. The van der Waals surface area contributed by atoms with Gasteiger partial charge in [0.25, 0.3) is 0 Å². The molecule has 1 saturated carbocycles. The maximum Gasteiger partial charge on any atom is 0.350 e. The van der Waals surface area contributed by atoms with E-state index >= 15 is 0 Å². The fraction of sp³-hybridized carbons (Fsp3) is 0.533. The van der Waals surface area contributed by atoms with Crippen molar-refractivity contribution in [3.63, 3.8) is 0 Å². The molecule has 2 rings (SSSR count). The molecule has 0 spiro atoms. The molecular formula is C15H19NO2S. The van der Waals surface area contributed by atoms with Gasteiger partial charge in [0.05, 0.1) is 17.7 Å². The summed E-state index contributed by atoms with van der Waals surface area (Å²) in [6.45, 7) is 6.20. The van der Waals surface area contributed by atoms with Crippen molar-refractivity contribution in [2.45, 2.75) is 39.7 Å². The Labute approximate surface area is 118 Å². The van der Waals surface area contributed by atoms with Crippen molar-refractivity contribution in [1.82, 2.24) is 0 Å². The predicted molar refractivity (Wildman–Crippen MR) is 78.6 cm³/mol. The van der Waals surface area contributed by atoms with Crippen LogP contribution in [0.3, 0.4) is 0 Å². The highest BCUT2D eigenvalue weighted by Crippen LogP contribution is 2.32. The number of hydrogen-bond acceptors (Lipinski definition) is 4. The Morgan fingerprint density at radius 1 is 1.47 bits per heavy atom. The maximum atomic E-state index is 11.8. The zero-order valence-corrected chi connectivity index (χ0v) is 12.6. The van der Waals surface area contributed by atoms with E-state index in [1.807, 2.05) is 6.07 Å². The summed E-state index contributed by atoms with van der Waals surface area (Å²) < 4.78 is 4.82. The highest BCUT2D eigenvalue weighted by atomic mass is 32.1. The molecule has 0 aromatic carbocycles. The van der Waals surface area contributed by atoms with Crippen molar-refractivity contribution >= 4 is 23.0 Å². The summed E-state index contributed by atoms with van der Waals surface area (Å²) in [6, 6.07) is 2.45. The average Bonchev–Trinajstić information content (AvgIpc) is 3.04. The second-order valence-electron chi connectivity index (χ2n) is 5.76. The number of ether oxygens (including phenoxy) is 1. The Morgan fingerprint density at radius 2 is 2.16 bits per heavy atom. The number of anilines is 1. The molecule has 3 nitrogen and oxygen atoms in total. The fourth-order valence-electron chi connectivity index (χ4n) is 1.50. The van der Waals surface area contributed by atoms with Gasteiger partial charge in [0.2, 0.25) is 0 Å². The Morgan fingerprint density at radius 3 is 2.68 bits per heavy atom. The molecule has 1 aromatic heterocycles. The lowest BCUT2D eigenvalue weighted by molar-refractivity contribution is 0.0607. The number of nitrogens with one attached hydrogen (secondary N) is 1. The van der Waals surface area contributed by atoms with Crippen LogP contribution in [0, 0.1) is 17.3 Å². The van der Waals surface area contributed by atoms with Crippen LogP contribution in [-0.2, 0) is 4.74 Å². The molecule has 0 amide bonds. The quantitative estimate of drug-likeness (QED) is 0.679. The molecular weight excluding hydrogens is 258 g/mol. The van der Waals surface area contributed by atoms with Crippen molar-refractivity contribution in [3.05, 3.63) is 15.8 Å². The molecule has 1 aliphatic rings. The predicted octanol–water partition coefficient (Wildman–Crippen LogP) is 3.51. The zero-order chi connectivity index (χ0) is 14.0. The van der Waals surface area contributed by atoms with Crippen LogP contribution >= 0.6 is 11.3 Å². The summed E-state index contributed by atoms with van der Waals surface area (Å²) in [4.78, 5) is 13.3. The van der Waals surface area contributed by atoms with Crippen molar-refractivity contribution in [2.24, 2.45) is 5.41 Å². The van der Waals surface area contributed by atoms with E-state index in [0.717, 1.165) is 10.6 Å². The molecule has 4 heteroatoms. The normalized spacial score (nSPS) is 14.5. The van der Waals surface area contributed by atoms with Crippen LogP contribution in [-0.4, -0.2) is 19.1 Å². The lowest BCUT2D eigenvalue weighted by Gasteiger charge is -2.06. The van der Waals surface area contributed by atoms with Crippen LogP contribution in [0.1, 0.15) is 48.2 Å². The van der Waals surface area contributed by atoms with Crippen molar-refractivity contribution in [2.75, 3.05) is 12.4 Å². The lowest BCUT2D eigenvalue weighted by Crippen LogP contribution is -2.06. The topological polar surface area (TPSA) is 38.3 Å². The molecule has 1 aliphatic carbocycles. The Balaban J connectivity index is 2.27. The SMILES string of the molecule is COC(=O)c1sc(C#CC(C)(C)C)cc1NC1CC1. The number of carbonyl (C=O) groups is 1. The van der Waals surface area contributed by atoms with Gasteiger partial charge in [-0.15, -0.1) is 11.3 Å². The summed E-state index contributed by atoms with van der Waals surface area (Å²) in [5, 5.41) is 3.36. The molecule has 0 atom stereocenters. The second kappa shape index (κ2) is 5.26. The maximum absolute atomic E-state index is 11.8. The molecule has 0 radical (unpaired) electrons. The molecule has 102 valence electrons. The first-order chi connectivity index (χ1) is 8.89. The van der Waals surface area contributed by atoms with Gasteiger partial charge in [0.15, 0.2) is 0 Å². The molecule has 1 aromatic rings. The largest absolute Gasteiger partial charge is 0.465 e. The minimum Gasteiger partial charge on any atom is -0.465 e. The second-order valence-corrected chi connectivity index (χ2v) is 6.82. The highest BCUT2D eigenvalue weighted by molar-refractivity contribution is 7.15. The third-order valence-corrected chi connectivity index (χ3v) is 3.63. The Bertz CT molecular complexity index is 539. The van der Waals surface area contributed by atoms with Crippen LogP contribution in [0.25, 0.3) is 0 Å². The van der Waals surface area contributed by atoms with E-state index in [1.165, 1.54) is 31.3 Å². The van der Waals surface area contributed by atoms with Gasteiger partial charge in [0, 0.05) is 11.5 Å². The van der Waals surface area contributed by atoms with Gasteiger partial charge < -0.3 is 10.1 Å². The number of methoxy groups -OCH3 is 1. The third kappa shape index (κ3) is 4.00. The average molecular weight is 277 g/mol. The Kier molecular flexibility index (Phi) is 3.86. The molecule has 1 fully saturated rings. The molecule has 1 N–H and O–H groups in total. The number of esters is 1. The summed E-state index contributed by atoms with van der Waals surface area (Å²) in [5.41, 5.74) is 0.817. The van der Waals surface area contributed by atoms with Crippen LogP contribution in [0.2, 0.25) is 0 Å². The van der Waals surface area contributed by atoms with E-state index in [1.54, 1.807) is 0 Å². The van der Waals surface area contributed by atoms with Gasteiger partial charge in [0.1, 0.15) is 4.88 Å². The van der Waals surface area contributed by atoms with Gasteiger partial charge >= 0.3 is 5.97 Å². The standard InChI is InChI=1S/C15H19NO2S/c1-15(2,3)8-7-11-9-12(16-10-5-6-10)13(19-11)14(17)18-4/h9-10,16H,5-6H2,1-4H3. The summed E-state index contributed by atoms with van der Waals surface area (Å²) in [6.07, 6.45) is 2.33. The Hall–Kier alpha value is -1.47. The van der Waals surface area contributed by atoms with E-state index in [2.05, 4.69) is 37.9 Å². The zero-order valence-electron chi connectivity index (χ0n) is 11.8. The molecule has 19 heavy (non-hydrogen) atoms. The van der Waals surface area contributed by atoms with Crippen LogP contribution in [0.5, 0.6) is 0 Å². The van der Waals surface area contributed by atoms with Gasteiger partial charge in [-0.1, -0.05) is 11.8 Å². The minimum atomic E-state index is -0.294. The van der Waals surface area contributed by atoms with Crippen molar-refractivity contribution < 1.29 is 9.53 Å². The van der Waals surface area contributed by atoms with Crippen LogP contribution in [0.15, 0.2) is 6.07 Å². The van der Waals surface area contributed by atoms with E-state index < -0.39 is 0 Å². The summed E-state index contributed by atoms with van der Waals surface area (Å²) in [5.74, 6) is 6.03. The molecule has 0 bridgehead atoms. The van der Waals surface area contributed by atoms with E-state index in [-0.39, 0.29) is 11.4 Å². The highest BCUT2D eigenvalue weighted by Gasteiger charge is 2.25. The number of hydrogen-bond donors (Lipinski definition) is 1. The van der Waals surface area contributed by atoms with Gasteiger partial charge in [-0.3, -0.25) is 0 Å². The van der Waals surface area contributed by atoms with E-state index in [4.69, 9.17) is 4.74 Å². The molecule has 0 saturated heterocycles. The van der Waals surface area contributed by atoms with Crippen molar-refractivity contribution in [1.29, 1.82) is 0 Å². The van der Waals surface area contributed by atoms with Gasteiger partial charge in [-0.05, 0) is 39.7 Å². The third-order valence-electron chi connectivity index (χ3n) is 2.60. The van der Waals surface area contributed by atoms with Gasteiger partial charge in [-0.2, -0.15) is 0 Å². The molecule has 0 unspecified atom stereocenters. The summed E-state index contributed by atoms with van der Waals surface area (Å²) >= 11 is 1.39. The molecule has 1 heterocycles. The van der Waals surface area contributed by atoms with Gasteiger partial charge in [-0.25, -0.2) is 4.79 Å². The fourth-order valence-corrected chi connectivity index (χ4v) is 2.39.